The highest BCUT2D eigenvalue weighted by Crippen LogP contribution is 2.28. The number of halogens is 1. The minimum absolute atomic E-state index is 0. The Hall–Kier alpha value is -1.42. The van der Waals surface area contributed by atoms with Crippen LogP contribution in [-0.2, 0) is 4.74 Å². The molecule has 0 bridgehead atoms. The highest BCUT2D eigenvalue weighted by Gasteiger charge is 2.08. The molecule has 0 amide bonds. The normalized spacial score (nSPS) is 9.55. The molecule has 114 valence electrons. The van der Waals surface area contributed by atoms with E-state index in [2.05, 4.69) is 6.92 Å². The van der Waals surface area contributed by atoms with Gasteiger partial charge in [0.1, 0.15) is 0 Å². The van der Waals surface area contributed by atoms with Crippen molar-refractivity contribution in [2.24, 2.45) is 0 Å². The summed E-state index contributed by atoms with van der Waals surface area (Å²) in [4.78, 5) is 0. The number of hydrogen-bond donors (Lipinski definition) is 1. The van der Waals surface area contributed by atoms with Crippen LogP contribution in [0.25, 0.3) is 0 Å². The second kappa shape index (κ2) is 10.4. The lowest BCUT2D eigenvalue weighted by Crippen LogP contribution is -2.04. The van der Waals surface area contributed by atoms with Gasteiger partial charge in [-0.15, -0.1) is 12.4 Å². The van der Waals surface area contributed by atoms with E-state index in [1.54, 1.807) is 19.2 Å². The van der Waals surface area contributed by atoms with Crippen molar-refractivity contribution in [2.45, 2.75) is 32.6 Å². The number of benzene rings is 1. The summed E-state index contributed by atoms with van der Waals surface area (Å²) in [7, 11) is 3.08. The maximum absolute atomic E-state index is 7.62. The van der Waals surface area contributed by atoms with Gasteiger partial charge in [-0.2, -0.15) is 0 Å². The molecule has 5 heteroatoms. The fraction of sp³-hybridized carbons (Fsp3) is 0.533. The summed E-state index contributed by atoms with van der Waals surface area (Å²) in [5.74, 6) is 1.47. The minimum atomic E-state index is 0. The molecule has 4 nitrogen and oxygen atoms in total. The van der Waals surface area contributed by atoms with Gasteiger partial charge in [-0.05, 0) is 24.6 Å². The third kappa shape index (κ3) is 5.70. The Morgan fingerprint density at radius 3 is 2.45 bits per heavy atom. The first-order chi connectivity index (χ1) is 9.22. The van der Waals surface area contributed by atoms with Gasteiger partial charge in [-0.3, -0.25) is 5.41 Å². The zero-order valence-corrected chi connectivity index (χ0v) is 13.2. The van der Waals surface area contributed by atoms with Crippen LogP contribution in [0.3, 0.4) is 0 Å². The van der Waals surface area contributed by atoms with Crippen LogP contribution in [0.4, 0.5) is 0 Å². The van der Waals surface area contributed by atoms with E-state index in [-0.39, 0.29) is 18.3 Å². The third-order valence-corrected chi connectivity index (χ3v) is 2.89. The Morgan fingerprint density at radius 1 is 1.10 bits per heavy atom. The molecule has 0 spiro atoms. The first-order valence-electron chi connectivity index (χ1n) is 6.66. The van der Waals surface area contributed by atoms with Crippen molar-refractivity contribution < 1.29 is 14.2 Å². The van der Waals surface area contributed by atoms with Crippen molar-refractivity contribution in [1.82, 2.24) is 0 Å². The fourth-order valence-corrected chi connectivity index (χ4v) is 1.76. The van der Waals surface area contributed by atoms with Crippen molar-refractivity contribution >= 4 is 18.3 Å². The zero-order valence-electron chi connectivity index (χ0n) is 12.4. The van der Waals surface area contributed by atoms with Gasteiger partial charge in [-0.25, -0.2) is 0 Å². The molecule has 0 fully saturated rings. The number of ether oxygens (including phenoxy) is 3. The van der Waals surface area contributed by atoms with Crippen molar-refractivity contribution in [2.75, 3.05) is 20.8 Å². The molecule has 20 heavy (non-hydrogen) atoms. The summed E-state index contributed by atoms with van der Waals surface area (Å²) in [6.07, 6.45) is 4.69. The summed E-state index contributed by atoms with van der Waals surface area (Å²) in [6.45, 7) is 2.88. The minimum Gasteiger partial charge on any atom is -0.493 e. The molecule has 1 N–H and O–H groups in total. The molecule has 0 saturated heterocycles. The van der Waals surface area contributed by atoms with Gasteiger partial charge >= 0.3 is 0 Å². The van der Waals surface area contributed by atoms with E-state index in [1.165, 1.54) is 26.4 Å². The molecule has 0 aliphatic heterocycles. The molecule has 0 heterocycles. The SMILES string of the molecule is CCCCCCOc1ccc(C(=N)OC)cc1OC.Cl. The molecular weight excluding hydrogens is 278 g/mol. The van der Waals surface area contributed by atoms with Crippen LogP contribution in [0, 0.1) is 5.41 Å². The van der Waals surface area contributed by atoms with Gasteiger partial charge in [0.15, 0.2) is 11.5 Å². The molecule has 0 atom stereocenters. The van der Waals surface area contributed by atoms with Gasteiger partial charge in [0.05, 0.1) is 20.8 Å². The summed E-state index contributed by atoms with van der Waals surface area (Å²) in [5, 5.41) is 7.62. The molecule has 0 radical (unpaired) electrons. The quantitative estimate of drug-likeness (QED) is 0.448. The molecule has 0 aliphatic carbocycles. The predicted octanol–water partition coefficient (Wildman–Crippen LogP) is 4.05. The fourth-order valence-electron chi connectivity index (χ4n) is 1.76. The van der Waals surface area contributed by atoms with Crippen LogP contribution >= 0.6 is 12.4 Å². The topological polar surface area (TPSA) is 51.5 Å². The molecule has 0 unspecified atom stereocenters. The van der Waals surface area contributed by atoms with E-state index in [4.69, 9.17) is 19.6 Å². The van der Waals surface area contributed by atoms with Gasteiger partial charge < -0.3 is 14.2 Å². The lowest BCUT2D eigenvalue weighted by molar-refractivity contribution is 0.285. The van der Waals surface area contributed by atoms with Crippen molar-refractivity contribution in [3.8, 4) is 11.5 Å². The zero-order chi connectivity index (χ0) is 14.1. The van der Waals surface area contributed by atoms with E-state index in [0.717, 1.165) is 6.42 Å². The lowest BCUT2D eigenvalue weighted by Gasteiger charge is -2.12. The Bertz CT molecular complexity index is 410. The van der Waals surface area contributed by atoms with Crippen LogP contribution in [0.2, 0.25) is 0 Å². The monoisotopic (exact) mass is 301 g/mol. The van der Waals surface area contributed by atoms with Crippen LogP contribution in [-0.4, -0.2) is 26.7 Å². The largest absolute Gasteiger partial charge is 0.493 e. The Kier molecular flexibility index (Phi) is 9.64. The van der Waals surface area contributed by atoms with Gasteiger partial charge in [0.25, 0.3) is 0 Å². The third-order valence-electron chi connectivity index (χ3n) is 2.89. The van der Waals surface area contributed by atoms with E-state index in [1.807, 2.05) is 6.07 Å². The predicted molar refractivity (Wildman–Crippen MR) is 83.7 cm³/mol. The van der Waals surface area contributed by atoms with E-state index in [9.17, 15) is 0 Å². The summed E-state index contributed by atoms with van der Waals surface area (Å²) >= 11 is 0. The molecule has 1 aromatic carbocycles. The van der Waals surface area contributed by atoms with Gasteiger partial charge in [-0.1, -0.05) is 26.2 Å². The molecular formula is C15H24ClNO3. The first-order valence-corrected chi connectivity index (χ1v) is 6.66. The molecule has 1 rings (SSSR count). The maximum atomic E-state index is 7.62. The van der Waals surface area contributed by atoms with Crippen LogP contribution in [0.15, 0.2) is 18.2 Å². The Labute approximate surface area is 127 Å². The highest BCUT2D eigenvalue weighted by molar-refractivity contribution is 5.92. The van der Waals surface area contributed by atoms with E-state index < -0.39 is 0 Å². The van der Waals surface area contributed by atoms with Crippen LogP contribution in [0.1, 0.15) is 38.2 Å². The highest BCUT2D eigenvalue weighted by atomic mass is 35.5. The van der Waals surface area contributed by atoms with Crippen LogP contribution in [0.5, 0.6) is 11.5 Å². The molecule has 0 aromatic heterocycles. The second-order valence-corrected chi connectivity index (χ2v) is 4.31. The van der Waals surface area contributed by atoms with Crippen molar-refractivity contribution in [3.63, 3.8) is 0 Å². The summed E-state index contributed by atoms with van der Waals surface area (Å²) in [6, 6.07) is 5.38. The number of nitrogens with one attached hydrogen (secondary N) is 1. The second-order valence-electron chi connectivity index (χ2n) is 4.31. The Morgan fingerprint density at radius 2 is 1.85 bits per heavy atom. The van der Waals surface area contributed by atoms with Crippen LogP contribution < -0.4 is 9.47 Å². The van der Waals surface area contributed by atoms with Crippen molar-refractivity contribution in [1.29, 1.82) is 5.41 Å². The number of methoxy groups -OCH3 is 2. The summed E-state index contributed by atoms with van der Waals surface area (Å²) in [5.41, 5.74) is 0.678. The summed E-state index contributed by atoms with van der Waals surface area (Å²) < 4.78 is 15.9. The van der Waals surface area contributed by atoms with Gasteiger partial charge in [0.2, 0.25) is 5.90 Å². The Balaban J connectivity index is 0.00000361. The molecule has 0 saturated carbocycles. The van der Waals surface area contributed by atoms with E-state index >= 15 is 0 Å². The number of unbranched alkanes of at least 4 members (excludes halogenated alkanes) is 3. The smallest absolute Gasteiger partial charge is 0.213 e. The molecule has 1 aromatic rings. The maximum Gasteiger partial charge on any atom is 0.213 e. The first kappa shape index (κ1) is 18.6. The molecule has 0 aliphatic rings. The number of rotatable bonds is 8. The van der Waals surface area contributed by atoms with Gasteiger partial charge in [0, 0.05) is 5.56 Å². The lowest BCUT2D eigenvalue weighted by atomic mass is 10.2. The average Bonchev–Trinajstić information content (AvgIpc) is 2.46. The average molecular weight is 302 g/mol. The van der Waals surface area contributed by atoms with Crippen molar-refractivity contribution in [3.05, 3.63) is 23.8 Å². The standard InChI is InChI=1S/C15H23NO3.ClH/c1-4-5-6-7-10-19-13-9-8-12(15(16)18-3)11-14(13)17-2;/h8-9,11,16H,4-7,10H2,1-3H3;1H. The number of hydrogen-bond acceptors (Lipinski definition) is 4. The van der Waals surface area contributed by atoms with E-state index in [0.29, 0.717) is 23.7 Å².